The highest BCUT2D eigenvalue weighted by Crippen LogP contribution is 2.38. The molecule has 3 aromatic carbocycles. The molecule has 1 aliphatic rings. The first-order chi connectivity index (χ1) is 15.0. The monoisotopic (exact) mass is 409 g/mol. The number of aryl methyl sites for hydroxylation is 2. The summed E-state index contributed by atoms with van der Waals surface area (Å²) in [6, 6.07) is 21.8. The van der Waals surface area contributed by atoms with Gasteiger partial charge >= 0.3 is 0 Å². The minimum atomic E-state index is -0.548. The van der Waals surface area contributed by atoms with Crippen molar-refractivity contribution in [1.29, 1.82) is 0 Å². The molecule has 1 atom stereocenters. The van der Waals surface area contributed by atoms with Gasteiger partial charge in [0.2, 0.25) is 5.91 Å². The van der Waals surface area contributed by atoms with Gasteiger partial charge in [-0.25, -0.2) is 4.68 Å². The average Bonchev–Trinajstić information content (AvgIpc) is 3.13. The molecular formula is C26H23N3O2. The van der Waals surface area contributed by atoms with Crippen LogP contribution in [0.1, 0.15) is 46.4 Å². The summed E-state index contributed by atoms with van der Waals surface area (Å²) in [5.41, 5.74) is 4.24. The third-order valence-corrected chi connectivity index (χ3v) is 6.02. The van der Waals surface area contributed by atoms with Crippen molar-refractivity contribution >= 4 is 28.3 Å². The standard InChI is InChI=1S/C26H23N3O2/c1-3-17-7-6-10-21(13-17)29-26-24(16(2)28-29)22(15-23(30)27-26)25(31)20-12-11-18-8-4-5-9-19(18)14-20/h4-14,22H,3,15H2,1-2H3,(H,27,30)/t22-/m0/s1. The van der Waals surface area contributed by atoms with Gasteiger partial charge in [0, 0.05) is 17.5 Å². The van der Waals surface area contributed by atoms with Crippen LogP contribution >= 0.6 is 0 Å². The molecule has 0 saturated carbocycles. The van der Waals surface area contributed by atoms with Crippen molar-refractivity contribution < 1.29 is 9.59 Å². The van der Waals surface area contributed by atoms with E-state index in [1.165, 1.54) is 5.56 Å². The molecule has 31 heavy (non-hydrogen) atoms. The van der Waals surface area contributed by atoms with Crippen LogP contribution in [0.4, 0.5) is 5.82 Å². The summed E-state index contributed by atoms with van der Waals surface area (Å²) >= 11 is 0. The lowest BCUT2D eigenvalue weighted by atomic mass is 9.85. The molecule has 1 N–H and O–H groups in total. The van der Waals surface area contributed by atoms with Crippen LogP contribution in [0, 0.1) is 6.92 Å². The number of nitrogens with one attached hydrogen (secondary N) is 1. The van der Waals surface area contributed by atoms with Crippen LogP contribution in [0.5, 0.6) is 0 Å². The topological polar surface area (TPSA) is 64.0 Å². The van der Waals surface area contributed by atoms with Gasteiger partial charge in [-0.15, -0.1) is 0 Å². The van der Waals surface area contributed by atoms with Crippen LogP contribution in [0.15, 0.2) is 66.7 Å². The van der Waals surface area contributed by atoms with Crippen molar-refractivity contribution in [3.05, 3.63) is 89.1 Å². The molecule has 0 aliphatic carbocycles. The summed E-state index contributed by atoms with van der Waals surface area (Å²) in [4.78, 5) is 26.1. The number of aromatic nitrogens is 2. The first-order valence-corrected chi connectivity index (χ1v) is 10.6. The number of hydrogen-bond acceptors (Lipinski definition) is 3. The molecule has 4 aromatic rings. The number of carbonyl (C=O) groups is 2. The van der Waals surface area contributed by atoms with Crippen molar-refractivity contribution in [3.8, 4) is 5.69 Å². The Balaban J connectivity index is 1.60. The number of benzene rings is 3. The Labute approximate surface area is 180 Å². The van der Waals surface area contributed by atoms with E-state index in [1.54, 1.807) is 4.68 Å². The van der Waals surface area contributed by atoms with E-state index in [0.29, 0.717) is 11.4 Å². The van der Waals surface area contributed by atoms with E-state index in [-0.39, 0.29) is 18.1 Å². The minimum Gasteiger partial charge on any atom is -0.310 e. The molecule has 2 heterocycles. The van der Waals surface area contributed by atoms with Crippen molar-refractivity contribution in [2.45, 2.75) is 32.6 Å². The molecule has 5 nitrogen and oxygen atoms in total. The maximum Gasteiger partial charge on any atom is 0.226 e. The summed E-state index contributed by atoms with van der Waals surface area (Å²) < 4.78 is 1.75. The Bertz CT molecular complexity index is 1340. The molecule has 1 aromatic heterocycles. The van der Waals surface area contributed by atoms with E-state index in [9.17, 15) is 9.59 Å². The van der Waals surface area contributed by atoms with Gasteiger partial charge in [0.05, 0.1) is 17.3 Å². The summed E-state index contributed by atoms with van der Waals surface area (Å²) in [5, 5.41) is 9.75. The van der Waals surface area contributed by atoms with E-state index in [1.807, 2.05) is 61.5 Å². The Morgan fingerprint density at radius 3 is 2.68 bits per heavy atom. The zero-order chi connectivity index (χ0) is 21.5. The second-order valence-corrected chi connectivity index (χ2v) is 8.01. The van der Waals surface area contributed by atoms with Crippen LogP contribution in [0.3, 0.4) is 0 Å². The Hall–Kier alpha value is -3.73. The lowest BCUT2D eigenvalue weighted by Crippen LogP contribution is -2.28. The fourth-order valence-electron chi connectivity index (χ4n) is 4.41. The van der Waals surface area contributed by atoms with E-state index in [0.717, 1.165) is 34.1 Å². The second-order valence-electron chi connectivity index (χ2n) is 8.01. The Morgan fingerprint density at radius 2 is 1.87 bits per heavy atom. The van der Waals surface area contributed by atoms with Gasteiger partial charge in [-0.1, -0.05) is 55.5 Å². The van der Waals surface area contributed by atoms with Crippen molar-refractivity contribution in [2.75, 3.05) is 5.32 Å². The molecule has 5 heteroatoms. The lowest BCUT2D eigenvalue weighted by molar-refractivity contribution is -0.116. The van der Waals surface area contributed by atoms with Crippen LogP contribution in [-0.2, 0) is 11.2 Å². The lowest BCUT2D eigenvalue weighted by Gasteiger charge is -2.23. The first-order valence-electron chi connectivity index (χ1n) is 10.6. The molecule has 0 saturated heterocycles. The molecule has 0 radical (unpaired) electrons. The van der Waals surface area contributed by atoms with Gasteiger partial charge in [0.1, 0.15) is 5.82 Å². The van der Waals surface area contributed by atoms with Gasteiger partial charge < -0.3 is 5.32 Å². The van der Waals surface area contributed by atoms with Gasteiger partial charge in [0.15, 0.2) is 5.78 Å². The van der Waals surface area contributed by atoms with E-state index in [2.05, 4.69) is 24.4 Å². The summed E-state index contributed by atoms with van der Waals surface area (Å²) in [7, 11) is 0. The maximum absolute atomic E-state index is 13.5. The molecule has 5 rings (SSSR count). The number of carbonyl (C=O) groups excluding carboxylic acids is 2. The van der Waals surface area contributed by atoms with E-state index < -0.39 is 5.92 Å². The van der Waals surface area contributed by atoms with Gasteiger partial charge in [0.25, 0.3) is 0 Å². The maximum atomic E-state index is 13.5. The molecule has 0 fully saturated rings. The van der Waals surface area contributed by atoms with E-state index >= 15 is 0 Å². The molecule has 0 spiro atoms. The number of nitrogens with zero attached hydrogens (tertiary/aromatic N) is 2. The molecular weight excluding hydrogens is 386 g/mol. The second kappa shape index (κ2) is 7.51. The molecule has 0 bridgehead atoms. The highest BCUT2D eigenvalue weighted by atomic mass is 16.2. The number of Topliss-reactive ketones (excluding diaryl/α,β-unsaturated/α-hetero) is 1. The van der Waals surface area contributed by atoms with Crippen LogP contribution in [-0.4, -0.2) is 21.5 Å². The van der Waals surface area contributed by atoms with Gasteiger partial charge in [-0.3, -0.25) is 9.59 Å². The number of rotatable bonds is 4. The number of amides is 1. The Morgan fingerprint density at radius 1 is 1.06 bits per heavy atom. The summed E-state index contributed by atoms with van der Waals surface area (Å²) in [5.74, 6) is -0.166. The van der Waals surface area contributed by atoms with Crippen molar-refractivity contribution in [1.82, 2.24) is 9.78 Å². The number of anilines is 1. The highest BCUT2D eigenvalue weighted by molar-refractivity contribution is 6.09. The van der Waals surface area contributed by atoms with E-state index in [4.69, 9.17) is 5.10 Å². The number of hydrogen-bond donors (Lipinski definition) is 1. The van der Waals surface area contributed by atoms with Crippen molar-refractivity contribution in [3.63, 3.8) is 0 Å². The van der Waals surface area contributed by atoms with Crippen LogP contribution in [0.2, 0.25) is 0 Å². The highest BCUT2D eigenvalue weighted by Gasteiger charge is 2.36. The first kappa shape index (κ1) is 19.2. The Kier molecular flexibility index (Phi) is 4.66. The van der Waals surface area contributed by atoms with Crippen LogP contribution < -0.4 is 5.32 Å². The zero-order valence-corrected chi connectivity index (χ0v) is 17.6. The number of ketones is 1. The predicted octanol–water partition coefficient (Wildman–Crippen LogP) is 5.21. The predicted molar refractivity (Wildman–Crippen MR) is 122 cm³/mol. The quantitative estimate of drug-likeness (QED) is 0.471. The summed E-state index contributed by atoms with van der Waals surface area (Å²) in [6.45, 7) is 4.00. The zero-order valence-electron chi connectivity index (χ0n) is 17.6. The minimum absolute atomic E-state index is 0.0492. The SMILES string of the molecule is CCc1cccc(-n2nc(C)c3c2NC(=O)C[C@@H]3C(=O)c2ccc3ccccc3c2)c1. The molecule has 1 amide bonds. The fraction of sp³-hybridized carbons (Fsp3) is 0.192. The number of fused-ring (bicyclic) bond motifs is 2. The largest absolute Gasteiger partial charge is 0.310 e. The normalized spacial score (nSPS) is 15.5. The molecule has 0 unspecified atom stereocenters. The molecule has 154 valence electrons. The third-order valence-electron chi connectivity index (χ3n) is 6.02. The average molecular weight is 409 g/mol. The summed E-state index contributed by atoms with van der Waals surface area (Å²) in [6.07, 6.45) is 1.03. The van der Waals surface area contributed by atoms with Crippen LogP contribution in [0.25, 0.3) is 16.5 Å². The van der Waals surface area contributed by atoms with Crippen molar-refractivity contribution in [2.24, 2.45) is 0 Å². The third kappa shape index (κ3) is 3.32. The molecule has 1 aliphatic heterocycles. The fourth-order valence-corrected chi connectivity index (χ4v) is 4.41. The van der Waals surface area contributed by atoms with Gasteiger partial charge in [-0.2, -0.15) is 5.10 Å². The van der Waals surface area contributed by atoms with Gasteiger partial charge in [-0.05, 0) is 47.9 Å². The smallest absolute Gasteiger partial charge is 0.226 e.